The maximum Gasteiger partial charge on any atom is 0.303 e. The van der Waals surface area contributed by atoms with Crippen LogP contribution in [0.15, 0.2) is 18.2 Å². The molecular weight excluding hydrogens is 575 g/mol. The Morgan fingerprint density at radius 3 is 2.30 bits per heavy atom. The van der Waals surface area contributed by atoms with Crippen LogP contribution < -0.4 is 10.6 Å². The summed E-state index contributed by atoms with van der Waals surface area (Å²) in [4.78, 5) is 40.0. The highest BCUT2D eigenvalue weighted by Crippen LogP contribution is 2.50. The van der Waals surface area contributed by atoms with Gasteiger partial charge in [0.2, 0.25) is 5.75 Å². The molecule has 0 radical (unpaired) electrons. The van der Waals surface area contributed by atoms with Gasteiger partial charge < -0.3 is 50.7 Å². The molecule has 2 aromatic rings. The number of phenolic OH excluding ortho intramolecular Hbond substituents is 3. The van der Waals surface area contributed by atoms with Crippen molar-refractivity contribution in [2.75, 3.05) is 31.6 Å². The molecule has 234 valence electrons. The zero-order valence-corrected chi connectivity index (χ0v) is 23.3. The number of anilines is 1. The van der Waals surface area contributed by atoms with Crippen LogP contribution in [0, 0.1) is 5.82 Å². The Balaban J connectivity index is 0.00000207. The maximum atomic E-state index is 15.0. The number of piperidine rings is 1. The number of aliphatic hydroxyl groups is 4. The van der Waals surface area contributed by atoms with Crippen molar-refractivity contribution in [2.45, 2.75) is 51.1 Å². The monoisotopic (exact) mass is 608 g/mol. The summed E-state index contributed by atoms with van der Waals surface area (Å²) >= 11 is 0. The van der Waals surface area contributed by atoms with E-state index in [1.165, 1.54) is 17.4 Å². The van der Waals surface area contributed by atoms with E-state index in [1.54, 1.807) is 6.07 Å². The fourth-order valence-corrected chi connectivity index (χ4v) is 5.13. The van der Waals surface area contributed by atoms with Crippen LogP contribution in [0.4, 0.5) is 10.1 Å². The number of morpholine rings is 1. The number of aromatic hydroxyl groups is 3. The van der Waals surface area contributed by atoms with Crippen molar-refractivity contribution < 1.29 is 59.3 Å². The quantitative estimate of drug-likeness (QED) is 0.0809. The SMILES string of the molecule is CC.O=C1NC(=O)C(O)(O)C(O)(O)C1N1Cc2c(NCc3ccc(CN4CCOCC4)cc3F)c(O)c(O)c(O)c2C1=O. The number of hydrogen-bond acceptors (Lipinski definition) is 13. The van der Waals surface area contributed by atoms with Gasteiger partial charge >= 0.3 is 5.79 Å². The van der Waals surface area contributed by atoms with Gasteiger partial charge in [-0.1, -0.05) is 26.0 Å². The summed E-state index contributed by atoms with van der Waals surface area (Å²) < 4.78 is 20.3. The molecular formula is C27H33FN4O11. The Morgan fingerprint density at radius 1 is 1.02 bits per heavy atom. The van der Waals surface area contributed by atoms with Gasteiger partial charge in [0.1, 0.15) is 5.82 Å². The molecule has 16 heteroatoms. The first-order chi connectivity index (χ1) is 20.3. The second-order valence-electron chi connectivity index (χ2n) is 9.99. The van der Waals surface area contributed by atoms with Crippen molar-refractivity contribution in [1.82, 2.24) is 15.1 Å². The summed E-state index contributed by atoms with van der Waals surface area (Å²) in [7, 11) is 0. The number of nitrogens with one attached hydrogen (secondary N) is 2. The minimum atomic E-state index is -3.92. The summed E-state index contributed by atoms with van der Waals surface area (Å²) in [6.07, 6.45) is 0. The van der Waals surface area contributed by atoms with E-state index in [0.29, 0.717) is 43.3 Å². The van der Waals surface area contributed by atoms with E-state index in [-0.39, 0.29) is 23.4 Å². The van der Waals surface area contributed by atoms with E-state index >= 15 is 0 Å². The van der Waals surface area contributed by atoms with Crippen LogP contribution in [-0.4, -0.2) is 107 Å². The van der Waals surface area contributed by atoms with E-state index < -0.39 is 70.5 Å². The van der Waals surface area contributed by atoms with Crippen molar-refractivity contribution in [1.29, 1.82) is 0 Å². The summed E-state index contributed by atoms with van der Waals surface area (Å²) in [6, 6.07) is 2.07. The van der Waals surface area contributed by atoms with Gasteiger partial charge in [0.25, 0.3) is 23.5 Å². The third kappa shape index (κ3) is 5.44. The van der Waals surface area contributed by atoms with E-state index in [2.05, 4.69) is 10.2 Å². The van der Waals surface area contributed by atoms with Crippen LogP contribution in [0.25, 0.3) is 0 Å². The maximum absolute atomic E-state index is 15.0. The highest BCUT2D eigenvalue weighted by atomic mass is 19.1. The van der Waals surface area contributed by atoms with Crippen molar-refractivity contribution in [3.05, 3.63) is 46.3 Å². The molecule has 5 rings (SSSR count). The van der Waals surface area contributed by atoms with E-state index in [4.69, 9.17) is 4.74 Å². The molecule has 9 N–H and O–H groups in total. The molecule has 3 aliphatic rings. The normalized spacial score (nSPS) is 21.1. The lowest BCUT2D eigenvalue weighted by molar-refractivity contribution is -0.355. The lowest BCUT2D eigenvalue weighted by Gasteiger charge is -2.44. The van der Waals surface area contributed by atoms with E-state index in [9.17, 15) is 54.5 Å². The van der Waals surface area contributed by atoms with Crippen LogP contribution in [0.2, 0.25) is 0 Å². The molecule has 0 aromatic heterocycles. The number of amides is 3. The standard InChI is InChI=1S/C25H27FN4O11.C2H6/c26-14-7-11(9-29-3-5-41-6-4-29)1-2-12(14)8-27-16-13-10-30(22(35)15(13)17(31)19(33)18(16)32)20-21(34)28-23(36)25(39,40)24(20,37)38;1-2/h1-2,7,20,27,31-33,37-40H,3-6,8-10H2,(H,28,34,36);1-2H3. The first-order valence-corrected chi connectivity index (χ1v) is 13.4. The van der Waals surface area contributed by atoms with Gasteiger partial charge in [-0.2, -0.15) is 0 Å². The molecule has 3 heterocycles. The third-order valence-corrected chi connectivity index (χ3v) is 7.42. The van der Waals surface area contributed by atoms with Gasteiger partial charge in [0.05, 0.1) is 31.0 Å². The molecule has 2 aromatic carbocycles. The Hall–Kier alpha value is -4.06. The van der Waals surface area contributed by atoms with Crippen LogP contribution in [0.1, 0.15) is 40.9 Å². The van der Waals surface area contributed by atoms with Gasteiger partial charge in [0, 0.05) is 37.3 Å². The van der Waals surface area contributed by atoms with Gasteiger partial charge in [0.15, 0.2) is 17.5 Å². The molecule has 0 spiro atoms. The van der Waals surface area contributed by atoms with Gasteiger partial charge in [-0.15, -0.1) is 0 Å². The highest BCUT2D eigenvalue weighted by Gasteiger charge is 2.67. The number of carbonyl (C=O) groups is 3. The second-order valence-corrected chi connectivity index (χ2v) is 9.99. The molecule has 3 aliphatic heterocycles. The topological polar surface area (TPSA) is 233 Å². The van der Waals surface area contributed by atoms with Crippen molar-refractivity contribution in [3.63, 3.8) is 0 Å². The minimum absolute atomic E-state index is 0.137. The van der Waals surface area contributed by atoms with Crippen molar-refractivity contribution in [2.24, 2.45) is 0 Å². The second kappa shape index (κ2) is 11.9. The Morgan fingerprint density at radius 2 is 1.67 bits per heavy atom. The predicted octanol–water partition coefficient (Wildman–Crippen LogP) is -1.24. The fourth-order valence-electron chi connectivity index (χ4n) is 5.13. The summed E-state index contributed by atoms with van der Waals surface area (Å²) in [5.41, 5.74) is -0.404. The molecule has 43 heavy (non-hydrogen) atoms. The zero-order chi connectivity index (χ0) is 31.9. The Bertz CT molecular complexity index is 1440. The molecule has 2 fully saturated rings. The average molecular weight is 609 g/mol. The van der Waals surface area contributed by atoms with Gasteiger partial charge in [-0.05, 0) is 11.6 Å². The van der Waals surface area contributed by atoms with E-state index in [0.717, 1.165) is 0 Å². The van der Waals surface area contributed by atoms with E-state index in [1.807, 2.05) is 13.8 Å². The smallest absolute Gasteiger partial charge is 0.303 e. The number of imide groups is 1. The zero-order valence-electron chi connectivity index (χ0n) is 23.3. The lowest BCUT2D eigenvalue weighted by atomic mass is 9.90. The Labute approximate surface area is 244 Å². The number of fused-ring (bicyclic) bond motifs is 1. The van der Waals surface area contributed by atoms with Crippen LogP contribution in [-0.2, 0) is 34.0 Å². The molecule has 15 nitrogen and oxygen atoms in total. The molecule has 3 amide bonds. The predicted molar refractivity (Wildman–Crippen MR) is 144 cm³/mol. The summed E-state index contributed by atoms with van der Waals surface area (Å²) in [5, 5.41) is 76.1. The number of ether oxygens (including phenoxy) is 1. The van der Waals surface area contributed by atoms with Crippen molar-refractivity contribution in [3.8, 4) is 17.2 Å². The number of benzene rings is 2. The lowest BCUT2D eigenvalue weighted by Crippen LogP contribution is -2.79. The number of rotatable bonds is 6. The number of phenols is 3. The number of hydrogen-bond donors (Lipinski definition) is 9. The molecule has 0 bridgehead atoms. The number of nitrogens with zero attached hydrogens (tertiary/aromatic N) is 2. The van der Waals surface area contributed by atoms with Crippen LogP contribution in [0.5, 0.6) is 17.2 Å². The number of carbonyl (C=O) groups excluding carboxylic acids is 3. The molecule has 0 aliphatic carbocycles. The average Bonchev–Trinajstić information content (AvgIpc) is 3.29. The van der Waals surface area contributed by atoms with Crippen LogP contribution in [0.3, 0.4) is 0 Å². The first-order valence-electron chi connectivity index (χ1n) is 13.4. The molecule has 1 unspecified atom stereocenters. The molecule has 1 atom stereocenters. The summed E-state index contributed by atoms with van der Waals surface area (Å²) in [5.74, 6) is -16.2. The summed E-state index contributed by atoms with van der Waals surface area (Å²) in [6.45, 7) is 6.07. The molecule has 0 saturated carbocycles. The third-order valence-electron chi connectivity index (χ3n) is 7.42. The molecule has 2 saturated heterocycles. The first kappa shape index (κ1) is 31.9. The number of halogens is 1. The Kier molecular flexibility index (Phi) is 8.82. The fraction of sp³-hybridized carbons (Fsp3) is 0.444. The van der Waals surface area contributed by atoms with Gasteiger partial charge in [-0.25, -0.2) is 4.39 Å². The van der Waals surface area contributed by atoms with Gasteiger partial charge in [-0.3, -0.25) is 24.6 Å². The van der Waals surface area contributed by atoms with Crippen molar-refractivity contribution >= 4 is 23.4 Å². The minimum Gasteiger partial charge on any atom is -0.504 e. The van der Waals surface area contributed by atoms with Crippen LogP contribution >= 0.6 is 0 Å². The largest absolute Gasteiger partial charge is 0.504 e. The highest BCUT2D eigenvalue weighted by molar-refractivity contribution is 6.10.